The predicted octanol–water partition coefficient (Wildman–Crippen LogP) is 3.82. The molecular weight excluding hydrogens is 373 g/mol. The quantitative estimate of drug-likeness (QED) is 0.771. The first-order valence-electron chi connectivity index (χ1n) is 8.34. The number of hydrogen-bond donors (Lipinski definition) is 1. The molecule has 25 heavy (non-hydrogen) atoms. The third-order valence-corrected chi connectivity index (χ3v) is 4.76. The van der Waals surface area contributed by atoms with Gasteiger partial charge in [0.15, 0.2) is 0 Å². The fraction of sp³-hybridized carbons (Fsp3) is 0.150. The van der Waals surface area contributed by atoms with E-state index in [9.17, 15) is 0 Å². The molecule has 3 nitrogen and oxygen atoms in total. The van der Waals surface area contributed by atoms with Crippen LogP contribution in [0.5, 0.6) is 0 Å². The molecule has 1 aliphatic heterocycles. The second kappa shape index (κ2) is 7.85. The van der Waals surface area contributed by atoms with Crippen molar-refractivity contribution in [3.05, 3.63) is 81.7 Å². The van der Waals surface area contributed by atoms with Gasteiger partial charge in [-0.15, -0.1) is 0 Å². The minimum atomic E-state index is 0.608. The van der Waals surface area contributed by atoms with Crippen molar-refractivity contribution < 1.29 is 0 Å². The summed E-state index contributed by atoms with van der Waals surface area (Å²) in [5.41, 5.74) is 12.6. The Labute approximate surface area is 158 Å². The van der Waals surface area contributed by atoms with Crippen molar-refractivity contribution in [1.29, 1.82) is 0 Å². The molecule has 0 radical (unpaired) electrons. The second-order valence-corrected chi connectivity index (χ2v) is 7.03. The number of nitrogens with zero attached hydrogens (tertiary/aromatic N) is 2. The number of benzene rings is 1. The van der Waals surface area contributed by atoms with Crippen LogP contribution in [0.15, 0.2) is 75.5 Å². The Bertz CT molecular complexity index is 886. The number of allylic oxidation sites excluding steroid dienone is 3. The molecule has 0 bridgehead atoms. The molecule has 0 saturated carbocycles. The highest BCUT2D eigenvalue weighted by molar-refractivity contribution is 9.10. The summed E-state index contributed by atoms with van der Waals surface area (Å²) >= 11 is 3.46. The minimum Gasteiger partial charge on any atom is -0.399 e. The summed E-state index contributed by atoms with van der Waals surface area (Å²) in [4.78, 5) is 4.86. The van der Waals surface area contributed by atoms with E-state index < -0.39 is 0 Å². The molecule has 2 aromatic rings. The maximum atomic E-state index is 5.85. The normalized spacial score (nSPS) is 16.3. The first kappa shape index (κ1) is 17.7. The van der Waals surface area contributed by atoms with Gasteiger partial charge >= 0.3 is 0 Å². The predicted molar refractivity (Wildman–Crippen MR) is 113 cm³/mol. The number of aliphatic imine (C=N–C) groups is 1. The summed E-state index contributed by atoms with van der Waals surface area (Å²) in [7, 11) is 2.05. The van der Waals surface area contributed by atoms with Crippen LogP contribution in [-0.2, 0) is 0 Å². The van der Waals surface area contributed by atoms with Crippen molar-refractivity contribution in [2.45, 2.75) is 13.3 Å². The number of aromatic nitrogens is 1. The molecule has 0 aliphatic carbocycles. The van der Waals surface area contributed by atoms with Gasteiger partial charge in [-0.05, 0) is 73.6 Å². The van der Waals surface area contributed by atoms with Gasteiger partial charge in [0.1, 0.15) is 0 Å². The van der Waals surface area contributed by atoms with Crippen LogP contribution in [0.2, 0.25) is 0 Å². The van der Waals surface area contributed by atoms with Gasteiger partial charge in [-0.2, -0.15) is 0 Å². The third kappa shape index (κ3) is 4.11. The molecule has 0 atom stereocenters. The number of rotatable bonds is 5. The molecule has 0 spiro atoms. The molecule has 3 rings (SSSR count). The topological polar surface area (TPSA) is 43.3 Å². The Morgan fingerprint density at radius 1 is 1.24 bits per heavy atom. The van der Waals surface area contributed by atoms with Crippen LogP contribution in [-0.4, -0.2) is 24.7 Å². The molecule has 0 fully saturated rings. The zero-order valence-electron chi connectivity index (χ0n) is 14.5. The largest absolute Gasteiger partial charge is 0.399 e. The standard InChI is InChI=1S/C20H21BBrN3/c1-14-13-17(9-6-15-4-7-16(22)8-5-15)24-20(14)18(10-11-23)19-3-2-12-25(19)21/h2-9,12-13H,10-11,21,23H2,1H3/b9-6+,20-18-. The van der Waals surface area contributed by atoms with Crippen LogP contribution in [0.1, 0.15) is 24.6 Å². The molecule has 126 valence electrons. The number of nitrogens with two attached hydrogens (primary N) is 1. The van der Waals surface area contributed by atoms with Crippen molar-refractivity contribution in [1.82, 2.24) is 4.48 Å². The molecule has 0 unspecified atom stereocenters. The highest BCUT2D eigenvalue weighted by Gasteiger charge is 2.16. The smallest absolute Gasteiger partial charge is 0.223 e. The summed E-state index contributed by atoms with van der Waals surface area (Å²) in [5, 5.41) is 0. The van der Waals surface area contributed by atoms with Gasteiger partial charge in [0, 0.05) is 15.7 Å². The van der Waals surface area contributed by atoms with Gasteiger partial charge in [-0.25, -0.2) is 4.99 Å². The second-order valence-electron chi connectivity index (χ2n) is 6.12. The van der Waals surface area contributed by atoms with Crippen LogP contribution in [0.4, 0.5) is 0 Å². The summed E-state index contributed by atoms with van der Waals surface area (Å²) < 4.78 is 3.20. The summed E-state index contributed by atoms with van der Waals surface area (Å²) in [5.74, 6) is 0. The van der Waals surface area contributed by atoms with Crippen molar-refractivity contribution in [2.75, 3.05) is 6.54 Å². The van der Waals surface area contributed by atoms with Gasteiger partial charge in [0.2, 0.25) is 7.98 Å². The summed E-state index contributed by atoms with van der Waals surface area (Å²) in [6, 6.07) is 12.4. The van der Waals surface area contributed by atoms with Crippen LogP contribution < -0.4 is 5.73 Å². The lowest BCUT2D eigenvalue weighted by atomic mass is 10.0. The zero-order valence-corrected chi connectivity index (χ0v) is 16.1. The summed E-state index contributed by atoms with van der Waals surface area (Å²) in [6.45, 7) is 2.72. The molecule has 0 amide bonds. The molecular formula is C20H21BBrN3. The van der Waals surface area contributed by atoms with Gasteiger partial charge in [0.05, 0.1) is 11.4 Å². The van der Waals surface area contributed by atoms with E-state index in [1.54, 1.807) is 0 Å². The number of hydrogen-bond acceptors (Lipinski definition) is 2. The first-order valence-corrected chi connectivity index (χ1v) is 9.13. The third-order valence-electron chi connectivity index (χ3n) is 4.23. The van der Waals surface area contributed by atoms with E-state index in [0.29, 0.717) is 6.54 Å². The lowest BCUT2D eigenvalue weighted by Gasteiger charge is -2.11. The lowest BCUT2D eigenvalue weighted by molar-refractivity contribution is 0.997. The van der Waals surface area contributed by atoms with Crippen molar-refractivity contribution >= 4 is 41.3 Å². The van der Waals surface area contributed by atoms with E-state index in [4.69, 9.17) is 10.7 Å². The van der Waals surface area contributed by atoms with Crippen molar-refractivity contribution in [3.63, 3.8) is 0 Å². The highest BCUT2D eigenvalue weighted by atomic mass is 79.9. The maximum Gasteiger partial charge on any atom is 0.223 e. The molecule has 5 heteroatoms. The van der Waals surface area contributed by atoms with E-state index >= 15 is 0 Å². The highest BCUT2D eigenvalue weighted by Crippen LogP contribution is 2.30. The molecule has 1 aliphatic rings. The maximum absolute atomic E-state index is 5.85. The Kier molecular flexibility index (Phi) is 5.56. The Morgan fingerprint density at radius 2 is 2.00 bits per heavy atom. The minimum absolute atomic E-state index is 0.608. The van der Waals surface area contributed by atoms with Gasteiger partial charge < -0.3 is 10.2 Å². The van der Waals surface area contributed by atoms with E-state index in [1.807, 2.05) is 12.1 Å². The average Bonchev–Trinajstić information content (AvgIpc) is 3.18. The summed E-state index contributed by atoms with van der Waals surface area (Å²) in [6.07, 6.45) is 9.14. The van der Waals surface area contributed by atoms with E-state index in [0.717, 1.165) is 27.9 Å². The Hall–Kier alpha value is -2.11. The SMILES string of the molecule is Bn1cccc1/C(CCN)=C1N=C(/C=C/c2ccc(Br)cc2)C=C\1C. The van der Waals surface area contributed by atoms with E-state index in [2.05, 4.69) is 84.0 Å². The Balaban J connectivity index is 1.93. The first-order chi connectivity index (χ1) is 12.1. The van der Waals surface area contributed by atoms with Gasteiger partial charge in [0.25, 0.3) is 0 Å². The van der Waals surface area contributed by atoms with Gasteiger partial charge in [-0.1, -0.05) is 34.1 Å². The van der Waals surface area contributed by atoms with Crippen LogP contribution >= 0.6 is 15.9 Å². The van der Waals surface area contributed by atoms with Crippen LogP contribution in [0.25, 0.3) is 11.6 Å². The molecule has 2 N–H and O–H groups in total. The molecule has 2 heterocycles. The lowest BCUT2D eigenvalue weighted by Crippen LogP contribution is -2.05. The van der Waals surface area contributed by atoms with Crippen LogP contribution in [0, 0.1) is 0 Å². The Morgan fingerprint density at radius 3 is 2.64 bits per heavy atom. The van der Waals surface area contributed by atoms with Crippen molar-refractivity contribution in [2.24, 2.45) is 10.7 Å². The van der Waals surface area contributed by atoms with E-state index in [-0.39, 0.29) is 0 Å². The monoisotopic (exact) mass is 393 g/mol. The van der Waals surface area contributed by atoms with E-state index in [1.165, 1.54) is 16.8 Å². The van der Waals surface area contributed by atoms with Gasteiger partial charge in [-0.3, -0.25) is 0 Å². The van der Waals surface area contributed by atoms with Crippen molar-refractivity contribution in [3.8, 4) is 0 Å². The zero-order chi connectivity index (χ0) is 17.8. The molecule has 1 aromatic carbocycles. The molecule has 0 saturated heterocycles. The fourth-order valence-corrected chi connectivity index (χ4v) is 3.24. The molecule has 1 aromatic heterocycles. The fourth-order valence-electron chi connectivity index (χ4n) is 2.97. The average molecular weight is 394 g/mol. The number of halogens is 1. The van der Waals surface area contributed by atoms with Crippen LogP contribution in [0.3, 0.4) is 0 Å².